The molecule has 0 aliphatic rings. The third kappa shape index (κ3) is 4.00. The minimum absolute atomic E-state index is 0.320. The first-order valence-electron chi connectivity index (χ1n) is 7.05. The summed E-state index contributed by atoms with van der Waals surface area (Å²) in [5, 5.41) is 13.1. The molecule has 1 aromatic carbocycles. The molecule has 0 fully saturated rings. The van der Waals surface area contributed by atoms with Gasteiger partial charge in [-0.3, -0.25) is 0 Å². The maximum absolute atomic E-state index is 12.8. The Morgan fingerprint density at radius 2 is 1.54 bits per heavy atom. The molecule has 0 atom stereocenters. The highest BCUT2D eigenvalue weighted by atomic mass is 19.4. The lowest BCUT2D eigenvalue weighted by atomic mass is 9.90. The number of nitrogens with zero attached hydrogens (tertiary/aromatic N) is 1. The minimum Gasteiger partial charge on any atom is -0.399 e. The van der Waals surface area contributed by atoms with E-state index >= 15 is 0 Å². The number of hydrogen-bond acceptors (Lipinski definition) is 3. The fraction of sp³-hybridized carbons (Fsp3) is 0.533. The van der Waals surface area contributed by atoms with Gasteiger partial charge in [-0.15, -0.1) is 0 Å². The van der Waals surface area contributed by atoms with Crippen molar-refractivity contribution in [2.75, 3.05) is 7.11 Å². The Morgan fingerprint density at radius 1 is 1.04 bits per heavy atom. The van der Waals surface area contributed by atoms with Gasteiger partial charge >= 0.3 is 12.4 Å². The van der Waals surface area contributed by atoms with Gasteiger partial charge in [-0.1, -0.05) is 42.8 Å². The van der Waals surface area contributed by atoms with E-state index in [1.807, 2.05) is 6.92 Å². The van der Waals surface area contributed by atoms with E-state index in [1.54, 1.807) is 0 Å². The highest BCUT2D eigenvalue weighted by Crippen LogP contribution is 2.49. The number of unbranched alkanes of at least 4 members (excludes halogenated alkanes) is 1. The van der Waals surface area contributed by atoms with Crippen LogP contribution in [0.3, 0.4) is 0 Å². The minimum atomic E-state index is -5.90. The van der Waals surface area contributed by atoms with Gasteiger partial charge in [-0.2, -0.15) is 26.3 Å². The highest BCUT2D eigenvalue weighted by molar-refractivity contribution is 6.00. The van der Waals surface area contributed by atoms with E-state index in [2.05, 4.69) is 9.99 Å². The molecule has 0 bridgehead atoms. The van der Waals surface area contributed by atoms with Gasteiger partial charge in [-0.05, 0) is 18.4 Å². The molecular formula is C15H17F6NO2. The summed E-state index contributed by atoms with van der Waals surface area (Å²) in [7, 11) is 1.28. The average molecular weight is 357 g/mol. The Hall–Kier alpha value is -1.77. The summed E-state index contributed by atoms with van der Waals surface area (Å²) in [6.07, 6.45) is -9.81. The SMILES string of the molecule is CCCC/C(=N/OC)c1ccc(C(O)(C(F)(F)F)C(F)(F)F)cc1. The van der Waals surface area contributed by atoms with Crippen LogP contribution in [0.15, 0.2) is 29.4 Å². The van der Waals surface area contributed by atoms with Crippen LogP contribution in [0.5, 0.6) is 0 Å². The monoisotopic (exact) mass is 357 g/mol. The maximum Gasteiger partial charge on any atom is 0.430 e. The van der Waals surface area contributed by atoms with Gasteiger partial charge < -0.3 is 9.94 Å². The first-order chi connectivity index (χ1) is 11.0. The van der Waals surface area contributed by atoms with Crippen LogP contribution in [0.2, 0.25) is 0 Å². The van der Waals surface area contributed by atoms with Crippen molar-refractivity contribution in [1.82, 2.24) is 0 Å². The molecule has 9 heteroatoms. The Morgan fingerprint density at radius 3 is 1.92 bits per heavy atom. The van der Waals surface area contributed by atoms with Crippen molar-refractivity contribution >= 4 is 5.71 Å². The molecular weight excluding hydrogens is 340 g/mol. The standard InChI is InChI=1S/C15H17F6NO2/c1-3-4-5-12(22-24-2)10-6-8-11(9-7-10)13(23,14(16,17)18)15(19,20)21/h6-9,23H,3-5H2,1-2H3/b22-12-. The maximum atomic E-state index is 12.8. The van der Waals surface area contributed by atoms with Crippen LogP contribution < -0.4 is 0 Å². The van der Waals surface area contributed by atoms with E-state index in [9.17, 15) is 31.4 Å². The lowest BCUT2D eigenvalue weighted by Crippen LogP contribution is -2.53. The second kappa shape index (κ2) is 7.42. The zero-order chi connectivity index (χ0) is 18.6. The summed E-state index contributed by atoms with van der Waals surface area (Å²) in [6.45, 7) is 1.92. The van der Waals surface area contributed by atoms with Crippen molar-refractivity contribution in [3.8, 4) is 0 Å². The molecule has 0 aromatic heterocycles. The largest absolute Gasteiger partial charge is 0.430 e. The molecule has 0 heterocycles. The summed E-state index contributed by atoms with van der Waals surface area (Å²) in [5.41, 5.74) is -5.52. The normalized spacial score (nSPS) is 14.0. The van der Waals surface area contributed by atoms with Crippen LogP contribution in [0.25, 0.3) is 0 Å². The molecule has 0 saturated carbocycles. The van der Waals surface area contributed by atoms with Crippen molar-refractivity contribution in [2.24, 2.45) is 5.16 Å². The van der Waals surface area contributed by atoms with E-state index in [0.29, 0.717) is 29.8 Å². The van der Waals surface area contributed by atoms with Gasteiger partial charge in [0.05, 0.1) is 5.71 Å². The lowest BCUT2D eigenvalue weighted by Gasteiger charge is -2.32. The first-order valence-corrected chi connectivity index (χ1v) is 7.05. The Kier molecular flexibility index (Phi) is 6.26. The summed E-state index contributed by atoms with van der Waals surface area (Å²) in [5.74, 6) is 0. The van der Waals surface area contributed by atoms with Gasteiger partial charge in [0.15, 0.2) is 0 Å². The average Bonchev–Trinajstić information content (AvgIpc) is 2.48. The molecule has 0 saturated heterocycles. The van der Waals surface area contributed by atoms with Gasteiger partial charge in [0.1, 0.15) is 7.11 Å². The van der Waals surface area contributed by atoms with Crippen LogP contribution in [-0.4, -0.2) is 30.3 Å². The van der Waals surface area contributed by atoms with Gasteiger partial charge in [0.25, 0.3) is 5.60 Å². The van der Waals surface area contributed by atoms with Gasteiger partial charge in [0.2, 0.25) is 0 Å². The van der Waals surface area contributed by atoms with E-state index in [0.717, 1.165) is 25.0 Å². The van der Waals surface area contributed by atoms with Crippen LogP contribution in [-0.2, 0) is 10.4 Å². The first kappa shape index (κ1) is 20.3. The summed E-state index contributed by atoms with van der Waals surface area (Å²) in [6, 6.07) is 3.28. The molecule has 0 radical (unpaired) electrons. The second-order valence-electron chi connectivity index (χ2n) is 5.11. The van der Waals surface area contributed by atoms with E-state index < -0.39 is 23.5 Å². The number of alkyl halides is 6. The van der Waals surface area contributed by atoms with Crippen molar-refractivity contribution in [3.05, 3.63) is 35.4 Å². The van der Waals surface area contributed by atoms with Gasteiger partial charge in [-0.25, -0.2) is 0 Å². The van der Waals surface area contributed by atoms with E-state index in [4.69, 9.17) is 0 Å². The second-order valence-corrected chi connectivity index (χ2v) is 5.11. The van der Waals surface area contributed by atoms with Crippen LogP contribution >= 0.6 is 0 Å². The molecule has 24 heavy (non-hydrogen) atoms. The van der Waals surface area contributed by atoms with Crippen molar-refractivity contribution in [1.29, 1.82) is 0 Å². The zero-order valence-electron chi connectivity index (χ0n) is 13.0. The number of rotatable bonds is 6. The van der Waals surface area contributed by atoms with Crippen LogP contribution in [0, 0.1) is 0 Å². The molecule has 0 unspecified atom stereocenters. The smallest absolute Gasteiger partial charge is 0.399 e. The molecule has 0 amide bonds. The quantitative estimate of drug-likeness (QED) is 0.461. The van der Waals surface area contributed by atoms with Crippen molar-refractivity contribution < 1.29 is 36.3 Å². The Labute approximate surface area is 134 Å². The molecule has 1 rings (SSSR count). The number of benzene rings is 1. The molecule has 1 aromatic rings. The summed E-state index contributed by atoms with van der Waals surface area (Å²) < 4.78 is 76.9. The third-order valence-corrected chi connectivity index (χ3v) is 3.43. The lowest BCUT2D eigenvalue weighted by molar-refractivity contribution is -0.376. The number of halogens is 6. The molecule has 0 aliphatic carbocycles. The summed E-state index contributed by atoms with van der Waals surface area (Å²) in [4.78, 5) is 4.64. The summed E-state index contributed by atoms with van der Waals surface area (Å²) >= 11 is 0. The molecule has 1 N–H and O–H groups in total. The molecule has 3 nitrogen and oxygen atoms in total. The third-order valence-electron chi connectivity index (χ3n) is 3.43. The fourth-order valence-corrected chi connectivity index (χ4v) is 2.09. The number of oxime groups is 1. The van der Waals surface area contributed by atoms with Crippen LogP contribution in [0.4, 0.5) is 26.3 Å². The molecule has 0 spiro atoms. The van der Waals surface area contributed by atoms with E-state index in [1.165, 1.54) is 7.11 Å². The van der Waals surface area contributed by atoms with Crippen molar-refractivity contribution in [2.45, 2.75) is 44.1 Å². The van der Waals surface area contributed by atoms with Crippen molar-refractivity contribution in [3.63, 3.8) is 0 Å². The predicted octanol–water partition coefficient (Wildman–Crippen LogP) is 4.54. The predicted molar refractivity (Wildman–Crippen MR) is 75.5 cm³/mol. The Balaban J connectivity index is 3.27. The number of aliphatic hydroxyl groups is 1. The number of hydrogen-bond donors (Lipinski definition) is 1. The topological polar surface area (TPSA) is 41.8 Å². The molecule has 136 valence electrons. The van der Waals surface area contributed by atoms with Crippen LogP contribution in [0.1, 0.15) is 37.3 Å². The Bertz CT molecular complexity index is 549. The zero-order valence-corrected chi connectivity index (χ0v) is 13.0. The van der Waals surface area contributed by atoms with Gasteiger partial charge in [0, 0.05) is 5.56 Å². The van der Waals surface area contributed by atoms with E-state index in [-0.39, 0.29) is 0 Å². The highest BCUT2D eigenvalue weighted by Gasteiger charge is 2.71. The molecule has 0 aliphatic heterocycles. The fourth-order valence-electron chi connectivity index (χ4n) is 2.09.